The Balaban J connectivity index is -0.00000000397. The van der Waals surface area contributed by atoms with Gasteiger partial charge in [0.1, 0.15) is 0 Å². The molecule has 0 aromatic carbocycles. The Morgan fingerprint density at radius 3 is 0.0278 bits per heavy atom. The van der Waals surface area contributed by atoms with Gasteiger partial charge in [0.15, 0.2) is 0 Å². The van der Waals surface area contributed by atoms with E-state index in [-0.39, 0.29) is 74.3 Å². The van der Waals surface area contributed by atoms with Crippen molar-refractivity contribution in [1.82, 2.24) is 0 Å². The first-order chi connectivity index (χ1) is 49.0. The first-order valence-electron chi connectivity index (χ1n) is 49.0. The molecule has 766 valence electrons. The zero-order valence-electron chi connectivity index (χ0n) is 98.0. The molecule has 0 unspecified atom stereocenters. The van der Waals surface area contributed by atoms with Gasteiger partial charge in [0, 0.05) is 0 Å². The second-order valence-corrected chi connectivity index (χ2v) is 0. The van der Waals surface area contributed by atoms with Crippen molar-refractivity contribution >= 4 is 0 Å². The normalized spacial score (nSPS) is 2.72. The molecular formula is C108H334. The summed E-state index contributed by atoms with van der Waals surface area (Å²) in [5, 5.41) is 0. The second-order valence-electron chi connectivity index (χ2n) is 0. The maximum Gasteiger partial charge on any atom is -0.0683 e. The van der Waals surface area contributed by atoms with Crippen LogP contribution in [0.25, 0.3) is 0 Å². The van der Waals surface area contributed by atoms with Gasteiger partial charge in [-0.05, 0) is 0 Å². The van der Waals surface area contributed by atoms with E-state index in [0.717, 1.165) is 0 Å². The average Bonchev–Trinajstić information content (AvgIpc) is 3.85. The lowest BCUT2D eigenvalue weighted by molar-refractivity contribution is 1.50. The van der Waals surface area contributed by atoms with Crippen LogP contribution in [0.3, 0.4) is 0 Å². The molecule has 0 atom stereocenters. The standard InChI is InChI=1S/49C2H6.10CH4/c49*1-2;;;;;;;;;;/h49*1-2H3;10*1H4. The van der Waals surface area contributed by atoms with Crippen LogP contribution in [0.1, 0.15) is 753 Å². The third-order valence-corrected chi connectivity index (χ3v) is 0. The molecule has 0 heteroatoms. The Kier molecular flexibility index (Phi) is 0. The predicted octanol–water partition coefficient (Wildman–Crippen LogP) is 56.6. The van der Waals surface area contributed by atoms with Gasteiger partial charge in [-0.15, -0.1) is 0 Å². The average molecular weight is 1630 g/mol. The van der Waals surface area contributed by atoms with Gasteiger partial charge >= 0.3 is 0 Å². The number of rotatable bonds is 0. The van der Waals surface area contributed by atoms with Crippen LogP contribution in [-0.2, 0) is 0 Å². The van der Waals surface area contributed by atoms with Crippen molar-refractivity contribution in [3.63, 3.8) is 0 Å². The number of hydrogen-bond acceptors (Lipinski definition) is 0. The summed E-state index contributed by atoms with van der Waals surface area (Å²) in [4.78, 5) is 0. The van der Waals surface area contributed by atoms with Crippen LogP contribution in [0, 0.1) is 0 Å². The third-order valence-electron chi connectivity index (χ3n) is 0. The van der Waals surface area contributed by atoms with Crippen LogP contribution in [-0.4, -0.2) is 0 Å². The highest BCUT2D eigenvalue weighted by atomic mass is 13.1. The van der Waals surface area contributed by atoms with Crippen molar-refractivity contribution in [2.24, 2.45) is 0 Å². The summed E-state index contributed by atoms with van der Waals surface area (Å²) in [6.07, 6.45) is 0. The summed E-state index contributed by atoms with van der Waals surface area (Å²) in [5.74, 6) is 0. The molecular weight excluding hydrogens is 1300 g/mol. The van der Waals surface area contributed by atoms with Crippen LogP contribution >= 0.6 is 0 Å². The van der Waals surface area contributed by atoms with Gasteiger partial charge in [0.05, 0.1) is 0 Å². The van der Waals surface area contributed by atoms with E-state index in [1.165, 1.54) is 0 Å². The van der Waals surface area contributed by atoms with Crippen LogP contribution in [0.2, 0.25) is 0 Å². The van der Waals surface area contributed by atoms with Gasteiger partial charge < -0.3 is 0 Å². The van der Waals surface area contributed by atoms with E-state index in [2.05, 4.69) is 0 Å². The minimum atomic E-state index is 0. The molecule has 0 fully saturated rings. The number of hydrogen-bond donors (Lipinski definition) is 0. The summed E-state index contributed by atoms with van der Waals surface area (Å²) in [6, 6.07) is 0. The molecule has 0 N–H and O–H groups in total. The Labute approximate surface area is 748 Å². The Bertz CT molecular complexity index is 0. The fourth-order valence-electron chi connectivity index (χ4n) is 0. The molecule has 0 aliphatic heterocycles. The largest absolute Gasteiger partial charge is 0.0776 e. The van der Waals surface area contributed by atoms with Crippen molar-refractivity contribution in [1.29, 1.82) is 0 Å². The molecule has 0 aliphatic carbocycles. The molecule has 0 spiro atoms. The molecule has 0 nitrogen and oxygen atoms in total. The minimum absolute atomic E-state index is 0. The highest BCUT2D eigenvalue weighted by Crippen LogP contribution is 1.24. The molecule has 0 bridgehead atoms. The summed E-state index contributed by atoms with van der Waals surface area (Å²) >= 11 is 0. The SMILES string of the molecule is C.C.C.C.C.C.C.C.C.C.CC.CC.CC.CC.CC.CC.CC.CC.CC.CC.CC.CC.CC.CC.CC.CC.CC.CC.CC.CC.CC.CC.CC.CC.CC.CC.CC.CC.CC.CC.CC.CC.CC.CC.CC.CC.CC.CC.CC.CC.CC.CC.CC.CC.CC.CC.CC.CC.CC. The summed E-state index contributed by atoms with van der Waals surface area (Å²) in [5.41, 5.74) is 0. The van der Waals surface area contributed by atoms with Crippen LogP contribution < -0.4 is 0 Å². The Hall–Kier alpha value is 0. The molecule has 0 aromatic rings. The van der Waals surface area contributed by atoms with Crippen LogP contribution in [0.4, 0.5) is 0 Å². The molecule has 0 saturated heterocycles. The molecule has 0 saturated carbocycles. The van der Waals surface area contributed by atoms with E-state index < -0.39 is 0 Å². The van der Waals surface area contributed by atoms with Gasteiger partial charge in [0.25, 0.3) is 0 Å². The zero-order valence-corrected chi connectivity index (χ0v) is 98.0. The van der Waals surface area contributed by atoms with E-state index in [9.17, 15) is 0 Å². The van der Waals surface area contributed by atoms with Crippen molar-refractivity contribution in [2.45, 2.75) is 753 Å². The lowest BCUT2D eigenvalue weighted by atomic mass is 11.0. The van der Waals surface area contributed by atoms with E-state index >= 15 is 0 Å². The van der Waals surface area contributed by atoms with Gasteiger partial charge in [-0.1, -0.05) is 753 Å². The molecule has 108 heavy (non-hydrogen) atoms. The summed E-state index contributed by atoms with van der Waals surface area (Å²) in [7, 11) is 0. The topological polar surface area (TPSA) is 0 Å². The highest BCUT2D eigenvalue weighted by Gasteiger charge is 1.03. The lowest BCUT2D eigenvalue weighted by Crippen LogP contribution is -0.856. The highest BCUT2D eigenvalue weighted by molar-refractivity contribution is 3.60. The van der Waals surface area contributed by atoms with Gasteiger partial charge in [-0.2, -0.15) is 0 Å². The van der Waals surface area contributed by atoms with E-state index in [0.29, 0.717) is 0 Å². The third kappa shape index (κ3) is 0. The first kappa shape index (κ1) is 515. The molecule has 0 radical (unpaired) electrons. The molecule has 0 rings (SSSR count). The van der Waals surface area contributed by atoms with E-state index in [1.54, 1.807) is 0 Å². The van der Waals surface area contributed by atoms with Gasteiger partial charge in [-0.3, -0.25) is 0 Å². The zero-order chi connectivity index (χ0) is 98.0. The smallest absolute Gasteiger partial charge is 0.0683 e. The van der Waals surface area contributed by atoms with Crippen molar-refractivity contribution in [2.75, 3.05) is 0 Å². The monoisotopic (exact) mass is 1630 g/mol. The van der Waals surface area contributed by atoms with Crippen molar-refractivity contribution in [3.05, 3.63) is 0 Å². The first-order valence-corrected chi connectivity index (χ1v) is 49.0. The van der Waals surface area contributed by atoms with Crippen LogP contribution in [0.15, 0.2) is 0 Å². The maximum atomic E-state index is 2.00. The van der Waals surface area contributed by atoms with Crippen LogP contribution in [0.5, 0.6) is 0 Å². The predicted molar refractivity (Wildman–Crippen MR) is 623 cm³/mol. The van der Waals surface area contributed by atoms with E-state index in [4.69, 9.17) is 0 Å². The fraction of sp³-hybridized carbons (Fsp3) is 1.00. The fourth-order valence-corrected chi connectivity index (χ4v) is 0. The van der Waals surface area contributed by atoms with Gasteiger partial charge in [-0.25, -0.2) is 0 Å². The minimum Gasteiger partial charge on any atom is -0.0776 e. The molecule has 0 aliphatic rings. The molecule has 0 heterocycles. The maximum absolute atomic E-state index is 2.00. The quantitative estimate of drug-likeness (QED) is 0.227. The van der Waals surface area contributed by atoms with E-state index in [1.807, 2.05) is 679 Å². The Morgan fingerprint density at radius 1 is 0.0278 bits per heavy atom. The molecule has 0 amide bonds. The Morgan fingerprint density at radius 2 is 0.0278 bits per heavy atom. The summed E-state index contributed by atoms with van der Waals surface area (Å²) < 4.78 is 0. The second kappa shape index (κ2) is 0. The lowest BCUT2D eigenvalue weighted by Gasteiger charge is -1.07. The van der Waals surface area contributed by atoms with Gasteiger partial charge in [0.2, 0.25) is 0 Å². The van der Waals surface area contributed by atoms with Crippen molar-refractivity contribution < 1.29 is 0 Å². The van der Waals surface area contributed by atoms with Crippen molar-refractivity contribution in [3.8, 4) is 0 Å². The molecule has 0 aromatic heterocycles. The summed E-state index contributed by atoms with van der Waals surface area (Å²) in [6.45, 7) is 196.